The van der Waals surface area contributed by atoms with E-state index >= 15 is 0 Å². The molecule has 0 heterocycles. The van der Waals surface area contributed by atoms with Crippen LogP contribution in [0.2, 0.25) is 0 Å². The molecule has 4 nitrogen and oxygen atoms in total. The van der Waals surface area contributed by atoms with Crippen molar-refractivity contribution in [2.45, 2.75) is 57.5 Å². The Balaban J connectivity index is 2.66. The molecule has 0 saturated heterocycles. The molecule has 0 bridgehead atoms. The highest BCUT2D eigenvalue weighted by Crippen LogP contribution is 2.24. The van der Waals surface area contributed by atoms with Crippen LogP contribution in [0.3, 0.4) is 0 Å². The third-order valence-corrected chi connectivity index (χ3v) is 3.55. The molecule has 4 N–H and O–H groups in total. The number of rotatable bonds is 6. The number of aliphatic hydroxyl groups is 1. The second-order valence-electron chi connectivity index (χ2n) is 4.63. The van der Waals surface area contributed by atoms with Crippen molar-refractivity contribution >= 4 is 5.84 Å². The molecule has 1 aliphatic rings. The topological polar surface area (TPSA) is 73.3 Å². The molecule has 94 valence electrons. The molecule has 0 radical (unpaired) electrons. The van der Waals surface area contributed by atoms with Gasteiger partial charge in [-0.05, 0) is 19.3 Å². The lowest BCUT2D eigenvalue weighted by molar-refractivity contribution is 0.103. The van der Waals surface area contributed by atoms with Gasteiger partial charge >= 0.3 is 0 Å². The largest absolute Gasteiger partial charge is 0.395 e. The number of aliphatic hydroxyl groups excluding tert-OH is 1. The third-order valence-electron chi connectivity index (χ3n) is 3.55. The molecule has 0 amide bonds. The molecule has 0 aromatic heterocycles. The van der Waals surface area contributed by atoms with Crippen LogP contribution in [-0.4, -0.2) is 41.1 Å². The second kappa shape index (κ2) is 6.86. The summed E-state index contributed by atoms with van der Waals surface area (Å²) in [4.78, 5) is 2.24. The van der Waals surface area contributed by atoms with Crippen molar-refractivity contribution in [3.8, 4) is 0 Å². The Hall–Kier alpha value is -0.610. The smallest absolute Gasteiger partial charge is 0.108 e. The standard InChI is InChI=1S/C12H25N3O/c1-2-11(12(13)14)15(8-9-16)10-6-4-3-5-7-10/h10-11,16H,2-9H2,1H3,(H3,13,14). The van der Waals surface area contributed by atoms with E-state index in [0.717, 1.165) is 6.42 Å². The summed E-state index contributed by atoms with van der Waals surface area (Å²) in [7, 11) is 0. The molecule has 1 atom stereocenters. The van der Waals surface area contributed by atoms with Gasteiger partial charge in [0.1, 0.15) is 5.84 Å². The minimum Gasteiger partial charge on any atom is -0.395 e. The zero-order valence-electron chi connectivity index (χ0n) is 10.3. The van der Waals surface area contributed by atoms with Crippen LogP contribution in [0, 0.1) is 5.41 Å². The van der Waals surface area contributed by atoms with Crippen molar-refractivity contribution < 1.29 is 5.11 Å². The molecule has 1 saturated carbocycles. The van der Waals surface area contributed by atoms with Crippen LogP contribution < -0.4 is 5.73 Å². The molecule has 1 unspecified atom stereocenters. The Morgan fingerprint density at radius 1 is 1.44 bits per heavy atom. The van der Waals surface area contributed by atoms with E-state index in [1.807, 2.05) is 0 Å². The van der Waals surface area contributed by atoms with Crippen molar-refractivity contribution in [3.05, 3.63) is 0 Å². The van der Waals surface area contributed by atoms with E-state index in [0.29, 0.717) is 12.6 Å². The average Bonchev–Trinajstić information content (AvgIpc) is 2.29. The van der Waals surface area contributed by atoms with Gasteiger partial charge in [0.05, 0.1) is 12.6 Å². The average molecular weight is 227 g/mol. The number of hydrogen-bond acceptors (Lipinski definition) is 3. The summed E-state index contributed by atoms with van der Waals surface area (Å²) < 4.78 is 0. The normalized spacial score (nSPS) is 19.9. The highest BCUT2D eigenvalue weighted by molar-refractivity contribution is 5.82. The van der Waals surface area contributed by atoms with Gasteiger partial charge in [-0.1, -0.05) is 26.2 Å². The third kappa shape index (κ3) is 3.46. The summed E-state index contributed by atoms with van der Waals surface area (Å²) in [5.41, 5.74) is 5.65. The van der Waals surface area contributed by atoms with E-state index in [9.17, 15) is 0 Å². The lowest BCUT2D eigenvalue weighted by Gasteiger charge is -2.38. The predicted molar refractivity (Wildman–Crippen MR) is 66.7 cm³/mol. The van der Waals surface area contributed by atoms with Gasteiger partial charge in [-0.3, -0.25) is 10.3 Å². The maximum atomic E-state index is 9.14. The molecule has 0 aliphatic heterocycles. The molecule has 1 fully saturated rings. The Bertz CT molecular complexity index is 214. The SMILES string of the molecule is CCC(C(=N)N)N(CCO)C1CCCCC1. The summed E-state index contributed by atoms with van der Waals surface area (Å²) in [5, 5.41) is 16.8. The fraction of sp³-hybridized carbons (Fsp3) is 0.917. The number of nitrogens with two attached hydrogens (primary N) is 1. The van der Waals surface area contributed by atoms with Crippen LogP contribution in [0.4, 0.5) is 0 Å². The highest BCUT2D eigenvalue weighted by Gasteiger charge is 2.27. The predicted octanol–water partition coefficient (Wildman–Crippen LogP) is 1.33. The van der Waals surface area contributed by atoms with Gasteiger partial charge in [0, 0.05) is 12.6 Å². The van der Waals surface area contributed by atoms with E-state index in [4.69, 9.17) is 16.2 Å². The first-order valence-electron chi connectivity index (χ1n) is 6.41. The van der Waals surface area contributed by atoms with Gasteiger partial charge in [0.15, 0.2) is 0 Å². The fourth-order valence-electron chi connectivity index (χ4n) is 2.75. The van der Waals surface area contributed by atoms with Crippen LogP contribution in [0.1, 0.15) is 45.4 Å². The Morgan fingerprint density at radius 2 is 2.06 bits per heavy atom. The van der Waals surface area contributed by atoms with Gasteiger partial charge in [0.25, 0.3) is 0 Å². The van der Waals surface area contributed by atoms with Gasteiger partial charge in [-0.25, -0.2) is 0 Å². The van der Waals surface area contributed by atoms with E-state index < -0.39 is 0 Å². The molecule has 16 heavy (non-hydrogen) atoms. The fourth-order valence-corrected chi connectivity index (χ4v) is 2.75. The van der Waals surface area contributed by atoms with E-state index in [1.54, 1.807) is 0 Å². The Labute approximate surface area is 98.3 Å². The first-order valence-corrected chi connectivity index (χ1v) is 6.41. The van der Waals surface area contributed by atoms with Gasteiger partial charge in [0.2, 0.25) is 0 Å². The number of nitrogens with one attached hydrogen (secondary N) is 1. The number of hydrogen-bond donors (Lipinski definition) is 3. The quantitative estimate of drug-likeness (QED) is 0.473. The van der Waals surface area contributed by atoms with Crippen LogP contribution in [0.5, 0.6) is 0 Å². The molecule has 4 heteroatoms. The minimum atomic E-state index is 0.00949. The Morgan fingerprint density at radius 3 is 2.50 bits per heavy atom. The molecular formula is C12H25N3O. The zero-order valence-corrected chi connectivity index (χ0v) is 10.3. The van der Waals surface area contributed by atoms with Crippen molar-refractivity contribution in [1.82, 2.24) is 4.90 Å². The summed E-state index contributed by atoms with van der Waals surface area (Å²) >= 11 is 0. The zero-order chi connectivity index (χ0) is 12.0. The van der Waals surface area contributed by atoms with Crippen molar-refractivity contribution in [2.75, 3.05) is 13.2 Å². The van der Waals surface area contributed by atoms with Crippen LogP contribution in [0.15, 0.2) is 0 Å². The van der Waals surface area contributed by atoms with Gasteiger partial charge < -0.3 is 10.8 Å². The van der Waals surface area contributed by atoms with E-state index in [2.05, 4.69) is 11.8 Å². The van der Waals surface area contributed by atoms with Crippen LogP contribution in [0.25, 0.3) is 0 Å². The molecule has 0 aromatic carbocycles. The van der Waals surface area contributed by atoms with Crippen molar-refractivity contribution in [3.63, 3.8) is 0 Å². The molecule has 0 aromatic rings. The number of nitrogens with zero attached hydrogens (tertiary/aromatic N) is 1. The maximum Gasteiger partial charge on any atom is 0.108 e. The van der Waals surface area contributed by atoms with E-state index in [1.165, 1.54) is 32.1 Å². The molecular weight excluding hydrogens is 202 g/mol. The first kappa shape index (κ1) is 13.5. The number of amidine groups is 1. The van der Waals surface area contributed by atoms with E-state index in [-0.39, 0.29) is 18.5 Å². The van der Waals surface area contributed by atoms with Crippen LogP contribution in [-0.2, 0) is 0 Å². The maximum absolute atomic E-state index is 9.14. The second-order valence-corrected chi connectivity index (χ2v) is 4.63. The van der Waals surface area contributed by atoms with Crippen molar-refractivity contribution in [2.24, 2.45) is 5.73 Å². The summed E-state index contributed by atoms with van der Waals surface area (Å²) in [6, 6.07) is 0.519. The molecule has 1 rings (SSSR count). The molecule has 0 spiro atoms. The van der Waals surface area contributed by atoms with Crippen LogP contribution >= 0.6 is 0 Å². The first-order chi connectivity index (χ1) is 7.70. The highest BCUT2D eigenvalue weighted by atomic mass is 16.3. The van der Waals surface area contributed by atoms with Gasteiger partial charge in [-0.15, -0.1) is 0 Å². The summed E-state index contributed by atoms with van der Waals surface area (Å²) in [6.45, 7) is 2.85. The van der Waals surface area contributed by atoms with Gasteiger partial charge in [-0.2, -0.15) is 0 Å². The summed E-state index contributed by atoms with van der Waals surface area (Å²) in [5.74, 6) is 0.238. The minimum absolute atomic E-state index is 0.00949. The molecule has 1 aliphatic carbocycles. The van der Waals surface area contributed by atoms with Crippen molar-refractivity contribution in [1.29, 1.82) is 5.41 Å². The monoisotopic (exact) mass is 227 g/mol. The Kier molecular flexibility index (Phi) is 5.77. The lowest BCUT2D eigenvalue weighted by atomic mass is 9.92. The summed E-state index contributed by atoms with van der Waals surface area (Å²) in [6.07, 6.45) is 7.07. The lowest BCUT2D eigenvalue weighted by Crippen LogP contribution is -2.51.